The standard InChI is InChI=1S/C27H30ClN3O5/c1-5-11-31-12-10-21-18(15-31)25(17-8-6-7-9-20(17)29-21)27(33)36-16(2)26(32)30-22-13-19(28)23(34-3)14-24(22)35-4/h6-9,13-14,16H,5,10-12,15H2,1-4H3,(H,30,32). The van der Waals surface area contributed by atoms with E-state index in [0.29, 0.717) is 34.3 Å². The van der Waals surface area contributed by atoms with Crippen molar-refractivity contribution in [3.8, 4) is 11.5 Å². The minimum Gasteiger partial charge on any atom is -0.495 e. The third-order valence-electron chi connectivity index (χ3n) is 6.25. The number of halogens is 1. The molecule has 3 aromatic rings. The second-order valence-electron chi connectivity index (χ2n) is 8.68. The molecule has 0 saturated heterocycles. The second kappa shape index (κ2) is 11.1. The van der Waals surface area contributed by atoms with E-state index in [1.807, 2.05) is 24.3 Å². The van der Waals surface area contributed by atoms with E-state index in [0.717, 1.165) is 48.1 Å². The number of carbonyl (C=O) groups excluding carboxylic acids is 2. The number of carbonyl (C=O) groups is 2. The minimum atomic E-state index is -1.07. The number of hydrogen-bond donors (Lipinski definition) is 1. The van der Waals surface area contributed by atoms with E-state index >= 15 is 0 Å². The third-order valence-corrected chi connectivity index (χ3v) is 6.55. The number of anilines is 1. The molecule has 0 saturated carbocycles. The number of esters is 1. The quantitative estimate of drug-likeness (QED) is 0.432. The number of hydrogen-bond acceptors (Lipinski definition) is 7. The van der Waals surface area contributed by atoms with Crippen LogP contribution in [0.2, 0.25) is 5.02 Å². The van der Waals surface area contributed by atoms with E-state index in [-0.39, 0.29) is 0 Å². The highest BCUT2D eigenvalue weighted by molar-refractivity contribution is 6.32. The normalized spacial score (nSPS) is 14.1. The van der Waals surface area contributed by atoms with Crippen molar-refractivity contribution in [3.05, 3.63) is 58.2 Å². The van der Waals surface area contributed by atoms with Crippen LogP contribution in [-0.4, -0.2) is 55.2 Å². The molecule has 4 rings (SSSR count). The summed E-state index contributed by atoms with van der Waals surface area (Å²) in [5.41, 5.74) is 3.33. The van der Waals surface area contributed by atoms with Gasteiger partial charge in [-0.3, -0.25) is 14.7 Å². The maximum absolute atomic E-state index is 13.5. The van der Waals surface area contributed by atoms with Crippen LogP contribution in [0, 0.1) is 0 Å². The average Bonchev–Trinajstić information content (AvgIpc) is 2.87. The predicted molar refractivity (Wildman–Crippen MR) is 139 cm³/mol. The summed E-state index contributed by atoms with van der Waals surface area (Å²) in [7, 11) is 2.96. The molecule has 9 heteroatoms. The number of ether oxygens (including phenoxy) is 3. The van der Waals surface area contributed by atoms with Gasteiger partial charge in [0.15, 0.2) is 6.10 Å². The number of aromatic nitrogens is 1. The highest BCUT2D eigenvalue weighted by atomic mass is 35.5. The number of para-hydroxylation sites is 1. The number of fused-ring (bicyclic) bond motifs is 2. The van der Waals surface area contributed by atoms with Gasteiger partial charge in [-0.25, -0.2) is 4.79 Å². The van der Waals surface area contributed by atoms with Gasteiger partial charge in [-0.15, -0.1) is 0 Å². The van der Waals surface area contributed by atoms with E-state index < -0.39 is 18.0 Å². The van der Waals surface area contributed by atoms with E-state index in [1.54, 1.807) is 6.07 Å². The molecular weight excluding hydrogens is 482 g/mol. The zero-order valence-electron chi connectivity index (χ0n) is 20.9. The Labute approximate surface area is 215 Å². The van der Waals surface area contributed by atoms with Crippen LogP contribution in [0.4, 0.5) is 5.69 Å². The van der Waals surface area contributed by atoms with Crippen molar-refractivity contribution in [3.63, 3.8) is 0 Å². The zero-order chi connectivity index (χ0) is 25.8. The molecule has 190 valence electrons. The zero-order valence-corrected chi connectivity index (χ0v) is 21.6. The lowest BCUT2D eigenvalue weighted by atomic mass is 9.95. The summed E-state index contributed by atoms with van der Waals surface area (Å²) < 4.78 is 16.2. The SMILES string of the molecule is CCCN1CCc2nc3ccccc3c(C(=O)OC(C)C(=O)Nc3cc(Cl)c(OC)cc3OC)c2C1. The molecule has 2 aromatic carbocycles. The van der Waals surface area contributed by atoms with Gasteiger partial charge in [0.1, 0.15) is 11.5 Å². The summed E-state index contributed by atoms with van der Waals surface area (Å²) in [6.07, 6.45) is 0.710. The molecule has 0 spiro atoms. The number of methoxy groups -OCH3 is 2. The highest BCUT2D eigenvalue weighted by Crippen LogP contribution is 2.36. The molecule has 0 bridgehead atoms. The fraction of sp³-hybridized carbons (Fsp3) is 0.370. The summed E-state index contributed by atoms with van der Waals surface area (Å²) in [5.74, 6) is -0.279. The van der Waals surface area contributed by atoms with Crippen molar-refractivity contribution < 1.29 is 23.8 Å². The molecule has 8 nitrogen and oxygen atoms in total. The van der Waals surface area contributed by atoms with Crippen molar-refractivity contribution in [2.45, 2.75) is 39.3 Å². The molecule has 1 N–H and O–H groups in total. The van der Waals surface area contributed by atoms with Crippen LogP contribution in [-0.2, 0) is 22.5 Å². The van der Waals surface area contributed by atoms with Crippen LogP contribution in [0.5, 0.6) is 11.5 Å². The maximum atomic E-state index is 13.5. The molecule has 1 aliphatic rings. The molecule has 0 radical (unpaired) electrons. The van der Waals surface area contributed by atoms with E-state index in [4.69, 9.17) is 30.8 Å². The van der Waals surface area contributed by atoms with Gasteiger partial charge in [-0.05, 0) is 32.0 Å². The van der Waals surface area contributed by atoms with Crippen molar-refractivity contribution in [2.24, 2.45) is 0 Å². The Kier molecular flexibility index (Phi) is 7.96. The van der Waals surface area contributed by atoms with Gasteiger partial charge in [-0.1, -0.05) is 36.7 Å². The topological polar surface area (TPSA) is 90.0 Å². The Morgan fingerprint density at radius 3 is 2.64 bits per heavy atom. The lowest BCUT2D eigenvalue weighted by molar-refractivity contribution is -0.123. The first-order chi connectivity index (χ1) is 17.4. The van der Waals surface area contributed by atoms with Crippen LogP contribution in [0.15, 0.2) is 36.4 Å². The predicted octanol–water partition coefficient (Wildman–Crippen LogP) is 4.86. The smallest absolute Gasteiger partial charge is 0.339 e. The summed E-state index contributed by atoms with van der Waals surface area (Å²) >= 11 is 6.22. The summed E-state index contributed by atoms with van der Waals surface area (Å²) in [4.78, 5) is 33.6. The fourth-order valence-electron chi connectivity index (χ4n) is 4.45. The largest absolute Gasteiger partial charge is 0.495 e. The summed E-state index contributed by atoms with van der Waals surface area (Å²) in [6, 6.07) is 10.6. The summed E-state index contributed by atoms with van der Waals surface area (Å²) in [6.45, 7) is 6.11. The number of nitrogens with zero attached hydrogens (tertiary/aromatic N) is 2. The first-order valence-corrected chi connectivity index (χ1v) is 12.3. The molecule has 36 heavy (non-hydrogen) atoms. The van der Waals surface area contributed by atoms with Crippen LogP contribution in [0.25, 0.3) is 10.9 Å². The number of pyridine rings is 1. The molecular formula is C27H30ClN3O5. The van der Waals surface area contributed by atoms with Gasteiger partial charge in [0.05, 0.1) is 36.0 Å². The number of nitrogens with one attached hydrogen (secondary N) is 1. The Morgan fingerprint density at radius 2 is 1.92 bits per heavy atom. The molecule has 0 fully saturated rings. The molecule has 0 aliphatic carbocycles. The molecule has 1 unspecified atom stereocenters. The Balaban J connectivity index is 1.60. The first kappa shape index (κ1) is 25.7. The lowest BCUT2D eigenvalue weighted by Crippen LogP contribution is -2.34. The number of benzene rings is 2. The first-order valence-electron chi connectivity index (χ1n) is 11.9. The monoisotopic (exact) mass is 511 g/mol. The lowest BCUT2D eigenvalue weighted by Gasteiger charge is -2.29. The third kappa shape index (κ3) is 5.24. The molecule has 1 aromatic heterocycles. The van der Waals surface area contributed by atoms with Crippen LogP contribution < -0.4 is 14.8 Å². The van der Waals surface area contributed by atoms with Crippen molar-refractivity contribution in [1.29, 1.82) is 0 Å². The summed E-state index contributed by atoms with van der Waals surface area (Å²) in [5, 5.41) is 3.76. The minimum absolute atomic E-state index is 0.310. The van der Waals surface area contributed by atoms with Gasteiger partial charge in [-0.2, -0.15) is 0 Å². The van der Waals surface area contributed by atoms with Crippen molar-refractivity contribution in [2.75, 3.05) is 32.6 Å². The van der Waals surface area contributed by atoms with Crippen LogP contribution in [0.3, 0.4) is 0 Å². The second-order valence-corrected chi connectivity index (χ2v) is 9.09. The van der Waals surface area contributed by atoms with Crippen molar-refractivity contribution >= 4 is 40.1 Å². The van der Waals surface area contributed by atoms with E-state index in [9.17, 15) is 9.59 Å². The Morgan fingerprint density at radius 1 is 1.17 bits per heavy atom. The maximum Gasteiger partial charge on any atom is 0.339 e. The van der Waals surface area contributed by atoms with Crippen molar-refractivity contribution in [1.82, 2.24) is 9.88 Å². The number of amides is 1. The van der Waals surface area contributed by atoms with Gasteiger partial charge >= 0.3 is 5.97 Å². The average molecular weight is 512 g/mol. The van der Waals surface area contributed by atoms with Crippen LogP contribution in [0.1, 0.15) is 41.9 Å². The van der Waals surface area contributed by atoms with Gasteiger partial charge in [0.25, 0.3) is 5.91 Å². The molecule has 1 aliphatic heterocycles. The van der Waals surface area contributed by atoms with Crippen LogP contribution >= 0.6 is 11.6 Å². The highest BCUT2D eigenvalue weighted by Gasteiger charge is 2.29. The van der Waals surface area contributed by atoms with E-state index in [1.165, 1.54) is 27.2 Å². The van der Waals surface area contributed by atoms with Gasteiger partial charge in [0.2, 0.25) is 0 Å². The van der Waals surface area contributed by atoms with Gasteiger partial charge in [0, 0.05) is 42.2 Å². The fourth-order valence-corrected chi connectivity index (χ4v) is 4.69. The van der Waals surface area contributed by atoms with E-state index in [2.05, 4.69) is 17.1 Å². The Bertz CT molecular complexity index is 1300. The number of rotatable bonds is 8. The van der Waals surface area contributed by atoms with Gasteiger partial charge < -0.3 is 19.5 Å². The molecule has 1 atom stereocenters. The molecule has 2 heterocycles. The Hall–Kier alpha value is -3.36. The molecule has 1 amide bonds.